The second kappa shape index (κ2) is 10.3. The van der Waals surface area contributed by atoms with Crippen LogP contribution in [-0.4, -0.2) is 50.3 Å². The molecule has 1 fully saturated rings. The van der Waals surface area contributed by atoms with E-state index in [-0.39, 0.29) is 17.9 Å². The molecule has 1 aliphatic rings. The van der Waals surface area contributed by atoms with Crippen LogP contribution in [0, 0.1) is 6.92 Å². The number of anilines is 3. The molecule has 2 N–H and O–H groups in total. The molecule has 0 bridgehead atoms. The summed E-state index contributed by atoms with van der Waals surface area (Å²) in [4.78, 5) is 28.9. The van der Waals surface area contributed by atoms with Gasteiger partial charge in [-0.15, -0.1) is 0 Å². The normalized spacial score (nSPS) is 13.5. The summed E-state index contributed by atoms with van der Waals surface area (Å²) in [6.07, 6.45) is 0.187. The van der Waals surface area contributed by atoms with E-state index >= 15 is 0 Å². The maximum Gasteiger partial charge on any atom is 0.337 e. The highest BCUT2D eigenvalue weighted by molar-refractivity contribution is 6.01. The van der Waals surface area contributed by atoms with Crippen molar-refractivity contribution < 1.29 is 19.4 Å². The van der Waals surface area contributed by atoms with Gasteiger partial charge in [0.25, 0.3) is 0 Å². The molecule has 34 heavy (non-hydrogen) atoms. The van der Waals surface area contributed by atoms with Crippen LogP contribution in [0.25, 0.3) is 0 Å². The molecule has 0 aliphatic carbocycles. The minimum Gasteiger partial charge on any atom is -0.495 e. The highest BCUT2D eigenvalue weighted by Gasteiger charge is 2.22. The number of amides is 1. The lowest BCUT2D eigenvalue weighted by molar-refractivity contribution is -0.115. The zero-order valence-electron chi connectivity index (χ0n) is 19.5. The third kappa shape index (κ3) is 5.31. The van der Waals surface area contributed by atoms with E-state index in [1.165, 1.54) is 0 Å². The Kier molecular flexibility index (Phi) is 7.01. The largest absolute Gasteiger partial charge is 0.495 e. The summed E-state index contributed by atoms with van der Waals surface area (Å²) in [5, 5.41) is 12.5. The number of benzene rings is 3. The number of hydrogen-bond donors (Lipinski definition) is 2. The fourth-order valence-corrected chi connectivity index (χ4v) is 4.20. The van der Waals surface area contributed by atoms with Gasteiger partial charge in [0.15, 0.2) is 0 Å². The molecular weight excluding hydrogens is 430 g/mol. The van der Waals surface area contributed by atoms with E-state index in [1.54, 1.807) is 19.2 Å². The summed E-state index contributed by atoms with van der Waals surface area (Å²) in [5.41, 5.74) is 4.28. The molecule has 0 saturated carbocycles. The first-order valence-electron chi connectivity index (χ1n) is 11.3. The molecule has 0 radical (unpaired) electrons. The number of carbonyl (C=O) groups is 2. The maximum atomic E-state index is 12.5. The van der Waals surface area contributed by atoms with Crippen LogP contribution >= 0.6 is 0 Å². The van der Waals surface area contributed by atoms with E-state index in [2.05, 4.69) is 15.1 Å². The molecule has 1 saturated heterocycles. The molecular formula is C27H29N3O4. The summed E-state index contributed by atoms with van der Waals surface area (Å²) < 4.78 is 5.48. The predicted molar refractivity (Wildman–Crippen MR) is 134 cm³/mol. The Bertz CT molecular complexity index is 1170. The van der Waals surface area contributed by atoms with E-state index in [4.69, 9.17) is 4.74 Å². The standard InChI is InChI=1S/C27H29N3O4/c1-19-7-9-20(10-8-19)17-26(31)28-23-12-11-21(18-22(23)27(32)33)29-13-15-30(16-14-29)24-5-3-4-6-25(24)34-2/h3-12,18H,13-17H2,1-2H3,(H,28,31)(H,32,33). The van der Waals surface area contributed by atoms with Crippen LogP contribution in [0.3, 0.4) is 0 Å². The fourth-order valence-electron chi connectivity index (χ4n) is 4.20. The molecule has 3 aromatic rings. The minimum atomic E-state index is -1.07. The van der Waals surface area contributed by atoms with E-state index in [0.717, 1.165) is 54.4 Å². The second-order valence-electron chi connectivity index (χ2n) is 8.39. The van der Waals surface area contributed by atoms with E-state index in [9.17, 15) is 14.7 Å². The number of carbonyl (C=O) groups excluding carboxylic acids is 1. The number of rotatable bonds is 7. The van der Waals surface area contributed by atoms with E-state index in [1.807, 2.05) is 61.5 Å². The lowest BCUT2D eigenvalue weighted by Gasteiger charge is -2.38. The van der Waals surface area contributed by atoms with Gasteiger partial charge in [-0.2, -0.15) is 0 Å². The van der Waals surface area contributed by atoms with Gasteiger partial charge in [-0.1, -0.05) is 42.0 Å². The first kappa shape index (κ1) is 23.2. The van der Waals surface area contributed by atoms with Gasteiger partial charge in [-0.25, -0.2) is 4.79 Å². The number of methoxy groups -OCH3 is 1. The topological polar surface area (TPSA) is 82.1 Å². The van der Waals surface area contributed by atoms with Crippen LogP contribution in [0.4, 0.5) is 17.1 Å². The molecule has 7 nitrogen and oxygen atoms in total. The number of ether oxygens (including phenoxy) is 1. The van der Waals surface area contributed by atoms with Crippen LogP contribution in [0.15, 0.2) is 66.7 Å². The quantitative estimate of drug-likeness (QED) is 0.551. The smallest absolute Gasteiger partial charge is 0.337 e. The van der Waals surface area contributed by atoms with E-state index < -0.39 is 5.97 Å². The van der Waals surface area contributed by atoms with Crippen molar-refractivity contribution in [1.29, 1.82) is 0 Å². The number of para-hydroxylation sites is 2. The van der Waals surface area contributed by atoms with E-state index in [0.29, 0.717) is 5.69 Å². The highest BCUT2D eigenvalue weighted by Crippen LogP contribution is 2.30. The first-order chi connectivity index (χ1) is 16.4. The van der Waals surface area contributed by atoms with Gasteiger partial charge in [0.05, 0.1) is 30.5 Å². The average Bonchev–Trinajstić information content (AvgIpc) is 2.85. The third-order valence-corrected chi connectivity index (χ3v) is 6.06. The van der Waals surface area contributed by atoms with Gasteiger partial charge >= 0.3 is 5.97 Å². The number of carboxylic acid groups (broad SMARTS) is 1. The van der Waals surface area contributed by atoms with Gasteiger partial charge in [0.1, 0.15) is 5.75 Å². The number of nitrogens with one attached hydrogen (secondary N) is 1. The molecule has 1 aliphatic heterocycles. The molecule has 0 unspecified atom stereocenters. The Balaban J connectivity index is 1.44. The Hall–Kier alpha value is -4.00. The SMILES string of the molecule is COc1ccccc1N1CCN(c2ccc(NC(=O)Cc3ccc(C)cc3)c(C(=O)O)c2)CC1. The minimum absolute atomic E-state index is 0.0851. The Morgan fingerprint density at radius 2 is 1.62 bits per heavy atom. The van der Waals surface area contributed by atoms with Crippen molar-refractivity contribution in [1.82, 2.24) is 0 Å². The van der Waals surface area contributed by atoms with Gasteiger partial charge in [-0.3, -0.25) is 4.79 Å². The zero-order chi connectivity index (χ0) is 24.1. The van der Waals surface area contributed by atoms with Crippen molar-refractivity contribution in [3.63, 3.8) is 0 Å². The lowest BCUT2D eigenvalue weighted by atomic mass is 10.1. The Morgan fingerprint density at radius 1 is 0.941 bits per heavy atom. The second-order valence-corrected chi connectivity index (χ2v) is 8.39. The number of piperazine rings is 1. The average molecular weight is 460 g/mol. The molecule has 1 amide bonds. The first-order valence-corrected chi connectivity index (χ1v) is 11.3. The number of carboxylic acids is 1. The van der Waals surface area contributed by atoms with Crippen molar-refractivity contribution >= 4 is 28.9 Å². The van der Waals surface area contributed by atoms with Gasteiger partial charge in [0.2, 0.25) is 5.91 Å². The monoisotopic (exact) mass is 459 g/mol. The lowest BCUT2D eigenvalue weighted by Crippen LogP contribution is -2.46. The third-order valence-electron chi connectivity index (χ3n) is 6.06. The Labute approximate surface area is 199 Å². The Morgan fingerprint density at radius 3 is 2.29 bits per heavy atom. The molecule has 7 heteroatoms. The molecule has 176 valence electrons. The molecule has 0 spiro atoms. The van der Waals surface area contributed by atoms with Crippen molar-refractivity contribution in [3.05, 3.63) is 83.4 Å². The van der Waals surface area contributed by atoms with Crippen LogP contribution in [-0.2, 0) is 11.2 Å². The number of aromatic carboxylic acids is 1. The zero-order valence-corrected chi connectivity index (χ0v) is 19.5. The highest BCUT2D eigenvalue weighted by atomic mass is 16.5. The summed E-state index contributed by atoms with van der Waals surface area (Å²) in [6.45, 7) is 5.06. The van der Waals surface area contributed by atoms with Crippen LogP contribution in [0.2, 0.25) is 0 Å². The summed E-state index contributed by atoms with van der Waals surface area (Å²) >= 11 is 0. The molecule has 1 heterocycles. The maximum absolute atomic E-state index is 12.5. The molecule has 4 rings (SSSR count). The number of nitrogens with zero attached hydrogens (tertiary/aromatic N) is 2. The predicted octanol–water partition coefficient (Wildman–Crippen LogP) is 4.21. The van der Waals surface area contributed by atoms with Crippen LogP contribution in [0.1, 0.15) is 21.5 Å². The summed E-state index contributed by atoms with van der Waals surface area (Å²) in [7, 11) is 1.67. The summed E-state index contributed by atoms with van der Waals surface area (Å²) in [5.74, 6) is -0.473. The van der Waals surface area contributed by atoms with Gasteiger partial charge in [-0.05, 0) is 42.8 Å². The van der Waals surface area contributed by atoms with Crippen molar-refractivity contribution in [2.75, 3.05) is 48.4 Å². The van der Waals surface area contributed by atoms with Crippen molar-refractivity contribution in [2.24, 2.45) is 0 Å². The van der Waals surface area contributed by atoms with Crippen molar-refractivity contribution in [3.8, 4) is 5.75 Å². The summed E-state index contributed by atoms with van der Waals surface area (Å²) in [6, 6.07) is 20.8. The number of hydrogen-bond acceptors (Lipinski definition) is 5. The number of aryl methyl sites for hydroxylation is 1. The molecule has 0 atom stereocenters. The van der Waals surface area contributed by atoms with Crippen molar-refractivity contribution in [2.45, 2.75) is 13.3 Å². The fraction of sp³-hybridized carbons (Fsp3) is 0.259. The molecule has 0 aromatic heterocycles. The van der Waals surface area contributed by atoms with Crippen LogP contribution < -0.4 is 19.9 Å². The van der Waals surface area contributed by atoms with Gasteiger partial charge < -0.3 is 25.0 Å². The molecule has 3 aromatic carbocycles. The van der Waals surface area contributed by atoms with Gasteiger partial charge in [0, 0.05) is 31.9 Å². The van der Waals surface area contributed by atoms with Crippen LogP contribution in [0.5, 0.6) is 5.75 Å².